The first-order chi connectivity index (χ1) is 15.1. The normalized spacial score (nSPS) is 12.8. The number of carbonyl (C=O) groups is 1. The van der Waals surface area contributed by atoms with Crippen molar-refractivity contribution >= 4 is 44.4 Å². The molecule has 172 valence electrons. The molecule has 1 atom stereocenters. The van der Waals surface area contributed by atoms with Crippen LogP contribution in [0.4, 0.5) is 10.2 Å². The number of rotatable bonds is 9. The molecule has 0 aliphatic carbocycles. The summed E-state index contributed by atoms with van der Waals surface area (Å²) in [4.78, 5) is 27.7. The first-order valence-electron chi connectivity index (χ1n) is 9.76. The van der Waals surface area contributed by atoms with Gasteiger partial charge < -0.3 is 15.6 Å². The maximum atomic E-state index is 14.3. The molecule has 0 saturated heterocycles. The van der Waals surface area contributed by atoms with E-state index in [9.17, 15) is 17.6 Å². The summed E-state index contributed by atoms with van der Waals surface area (Å²) in [5, 5.41) is 5.83. The Hall–Kier alpha value is -2.83. The van der Waals surface area contributed by atoms with Crippen molar-refractivity contribution in [1.29, 1.82) is 0 Å². The van der Waals surface area contributed by atoms with Gasteiger partial charge >= 0.3 is 0 Å². The van der Waals surface area contributed by atoms with Gasteiger partial charge in [-0.25, -0.2) is 32.5 Å². The lowest BCUT2D eigenvalue weighted by molar-refractivity contribution is -0.121. The van der Waals surface area contributed by atoms with Crippen LogP contribution in [0.1, 0.15) is 20.8 Å². The Bertz CT molecular complexity index is 1230. The van der Waals surface area contributed by atoms with Gasteiger partial charge in [0.15, 0.2) is 17.5 Å². The van der Waals surface area contributed by atoms with Gasteiger partial charge in [0.05, 0.1) is 16.5 Å². The Labute approximate surface area is 189 Å². The predicted octanol–water partition coefficient (Wildman–Crippen LogP) is 2.06. The molecule has 3 aromatic heterocycles. The van der Waals surface area contributed by atoms with Crippen molar-refractivity contribution in [3.05, 3.63) is 35.5 Å². The fourth-order valence-corrected chi connectivity index (χ4v) is 3.61. The number of sulfonamides is 1. The largest absolute Gasteiger partial charge is 0.356 e. The van der Waals surface area contributed by atoms with Crippen molar-refractivity contribution in [2.75, 3.05) is 18.4 Å². The number of amides is 1. The van der Waals surface area contributed by atoms with E-state index in [0.717, 1.165) is 6.20 Å². The number of halogens is 2. The van der Waals surface area contributed by atoms with Crippen molar-refractivity contribution in [1.82, 2.24) is 30.0 Å². The van der Waals surface area contributed by atoms with Gasteiger partial charge in [0.1, 0.15) is 11.7 Å². The van der Waals surface area contributed by atoms with Crippen molar-refractivity contribution in [3.8, 4) is 11.4 Å². The van der Waals surface area contributed by atoms with E-state index in [2.05, 4.69) is 35.3 Å². The summed E-state index contributed by atoms with van der Waals surface area (Å²) in [5.74, 6) is -1.10. The van der Waals surface area contributed by atoms with Gasteiger partial charge in [-0.05, 0) is 26.8 Å². The summed E-state index contributed by atoms with van der Waals surface area (Å²) in [7, 11) is -3.41. The van der Waals surface area contributed by atoms with E-state index in [4.69, 9.17) is 11.6 Å². The van der Waals surface area contributed by atoms with E-state index >= 15 is 0 Å². The zero-order valence-corrected chi connectivity index (χ0v) is 19.2. The van der Waals surface area contributed by atoms with Gasteiger partial charge in [-0.2, -0.15) is 0 Å². The van der Waals surface area contributed by atoms with Crippen LogP contribution in [-0.2, 0) is 14.8 Å². The first kappa shape index (κ1) is 23.8. The molecule has 4 N–H and O–H groups in total. The Morgan fingerprint density at radius 1 is 1.22 bits per heavy atom. The number of hydrogen-bond acceptors (Lipinski definition) is 7. The number of fused-ring (bicyclic) bond motifs is 1. The standard InChI is InChI=1S/C19H23ClFN7O3S/c1-10(2)32(30,31)26-5-4-22-19(29)11(3)27-18-15(21)9-25-17(28-18)14-8-24-16-13(14)6-12(20)7-23-16/h6-11,26H,4-5H2,1-3H3,(H,22,29)(H,23,24)(H,25,27,28)/t11-/m0/s1. The molecule has 0 aliphatic heterocycles. The number of aromatic nitrogens is 4. The molecule has 0 aromatic carbocycles. The van der Waals surface area contributed by atoms with E-state index in [1.165, 1.54) is 13.1 Å². The minimum absolute atomic E-state index is 0.0438. The van der Waals surface area contributed by atoms with Crippen LogP contribution in [0.5, 0.6) is 0 Å². The number of anilines is 1. The summed E-state index contributed by atoms with van der Waals surface area (Å²) < 4.78 is 40.1. The lowest BCUT2D eigenvalue weighted by Gasteiger charge is -2.16. The fourth-order valence-electron chi connectivity index (χ4n) is 2.73. The van der Waals surface area contributed by atoms with Crippen molar-refractivity contribution < 1.29 is 17.6 Å². The van der Waals surface area contributed by atoms with E-state index in [-0.39, 0.29) is 24.7 Å². The molecule has 0 unspecified atom stereocenters. The lowest BCUT2D eigenvalue weighted by atomic mass is 10.2. The zero-order valence-electron chi connectivity index (χ0n) is 17.6. The lowest BCUT2D eigenvalue weighted by Crippen LogP contribution is -2.42. The second kappa shape index (κ2) is 9.76. The third-order valence-electron chi connectivity index (χ3n) is 4.58. The van der Waals surface area contributed by atoms with Crippen LogP contribution in [0.3, 0.4) is 0 Å². The number of H-pyrrole nitrogens is 1. The molecule has 0 saturated carbocycles. The van der Waals surface area contributed by atoms with E-state index in [1.54, 1.807) is 26.1 Å². The Kier molecular flexibility index (Phi) is 7.26. The van der Waals surface area contributed by atoms with Gasteiger partial charge in [0.25, 0.3) is 0 Å². The van der Waals surface area contributed by atoms with E-state index < -0.39 is 33.0 Å². The highest BCUT2D eigenvalue weighted by Crippen LogP contribution is 2.28. The molecule has 32 heavy (non-hydrogen) atoms. The molecule has 0 fully saturated rings. The van der Waals surface area contributed by atoms with Crippen LogP contribution in [0, 0.1) is 5.82 Å². The predicted molar refractivity (Wildman–Crippen MR) is 120 cm³/mol. The van der Waals surface area contributed by atoms with Crippen molar-refractivity contribution in [3.63, 3.8) is 0 Å². The number of nitrogens with one attached hydrogen (secondary N) is 4. The zero-order chi connectivity index (χ0) is 23.5. The third kappa shape index (κ3) is 5.50. The van der Waals surface area contributed by atoms with Gasteiger partial charge in [-0.15, -0.1) is 0 Å². The summed E-state index contributed by atoms with van der Waals surface area (Å²) >= 11 is 6.02. The average molecular weight is 484 g/mol. The minimum atomic E-state index is -3.41. The Morgan fingerprint density at radius 3 is 2.69 bits per heavy atom. The van der Waals surface area contributed by atoms with Crippen molar-refractivity contribution in [2.45, 2.75) is 32.1 Å². The maximum absolute atomic E-state index is 14.3. The SMILES string of the molecule is CC(C)S(=O)(=O)NCCNC(=O)[C@H](C)Nc1nc(-c2c[nH]c3ncc(Cl)cc23)ncc1F. The topological polar surface area (TPSA) is 142 Å². The molecule has 3 rings (SSSR count). The molecule has 0 aliphatic rings. The molecule has 0 spiro atoms. The Balaban J connectivity index is 1.67. The quantitative estimate of drug-likeness (QED) is 0.341. The molecule has 13 heteroatoms. The highest BCUT2D eigenvalue weighted by Gasteiger charge is 2.19. The molecule has 3 heterocycles. The molecule has 0 bridgehead atoms. The van der Waals surface area contributed by atoms with Crippen LogP contribution in [0.2, 0.25) is 5.02 Å². The summed E-state index contributed by atoms with van der Waals surface area (Å²) in [6, 6.07) is 0.854. The molecular weight excluding hydrogens is 461 g/mol. The second-order valence-electron chi connectivity index (χ2n) is 7.29. The molecule has 10 nitrogen and oxygen atoms in total. The molecule has 3 aromatic rings. The number of hydrogen-bond donors (Lipinski definition) is 4. The van der Waals surface area contributed by atoms with Gasteiger partial charge in [-0.3, -0.25) is 4.79 Å². The number of aromatic amines is 1. The molecular formula is C19H23ClFN7O3S. The number of nitrogens with zero attached hydrogens (tertiary/aromatic N) is 3. The highest BCUT2D eigenvalue weighted by molar-refractivity contribution is 7.90. The van der Waals surface area contributed by atoms with Crippen LogP contribution >= 0.6 is 11.6 Å². The van der Waals surface area contributed by atoms with Crippen LogP contribution in [0.15, 0.2) is 24.7 Å². The average Bonchev–Trinajstić information content (AvgIpc) is 3.15. The van der Waals surface area contributed by atoms with Crippen LogP contribution in [-0.4, -0.2) is 58.6 Å². The fraction of sp³-hybridized carbons (Fsp3) is 0.368. The number of carbonyl (C=O) groups excluding carboxylic acids is 1. The molecule has 1 amide bonds. The minimum Gasteiger partial charge on any atom is -0.356 e. The second-order valence-corrected chi connectivity index (χ2v) is 10.0. The highest BCUT2D eigenvalue weighted by atomic mass is 35.5. The summed E-state index contributed by atoms with van der Waals surface area (Å²) in [6.45, 7) is 4.77. The number of pyridine rings is 1. The van der Waals surface area contributed by atoms with Crippen LogP contribution in [0.25, 0.3) is 22.4 Å². The molecule has 0 radical (unpaired) electrons. The monoisotopic (exact) mass is 483 g/mol. The van der Waals surface area contributed by atoms with E-state index in [1.807, 2.05) is 0 Å². The van der Waals surface area contributed by atoms with Crippen LogP contribution < -0.4 is 15.4 Å². The maximum Gasteiger partial charge on any atom is 0.242 e. The van der Waals surface area contributed by atoms with Gasteiger partial charge in [0, 0.05) is 36.4 Å². The third-order valence-corrected chi connectivity index (χ3v) is 6.63. The van der Waals surface area contributed by atoms with Gasteiger partial charge in [-0.1, -0.05) is 11.6 Å². The Morgan fingerprint density at radius 2 is 1.97 bits per heavy atom. The summed E-state index contributed by atoms with van der Waals surface area (Å²) in [6.07, 6.45) is 4.14. The summed E-state index contributed by atoms with van der Waals surface area (Å²) in [5.41, 5.74) is 1.15. The smallest absolute Gasteiger partial charge is 0.242 e. The first-order valence-corrected chi connectivity index (χ1v) is 11.7. The van der Waals surface area contributed by atoms with E-state index in [0.29, 0.717) is 21.6 Å². The van der Waals surface area contributed by atoms with Gasteiger partial charge in [0.2, 0.25) is 15.9 Å². The van der Waals surface area contributed by atoms with Crippen molar-refractivity contribution in [2.24, 2.45) is 0 Å².